The quantitative estimate of drug-likeness (QED) is 0.801. The Kier molecular flexibility index (Phi) is 4.93. The molecule has 2 heterocycles. The van der Waals surface area contributed by atoms with Crippen LogP contribution in [0.5, 0.6) is 0 Å². The van der Waals surface area contributed by atoms with E-state index in [0.29, 0.717) is 21.7 Å². The van der Waals surface area contributed by atoms with Crippen LogP contribution in [-0.4, -0.2) is 33.7 Å². The lowest BCUT2D eigenvalue weighted by Crippen LogP contribution is -2.32. The molecule has 4 nitrogen and oxygen atoms in total. The SMILES string of the molecule is CC1CCCN(C(=O)c2ccn(-c3ccc(Cl)c(Cl)c3)n2)CC1. The molecule has 1 unspecified atom stereocenters. The number of hydrogen-bond acceptors (Lipinski definition) is 2. The highest BCUT2D eigenvalue weighted by molar-refractivity contribution is 6.42. The molecule has 3 rings (SSSR count). The Morgan fingerprint density at radius 2 is 2.00 bits per heavy atom. The maximum absolute atomic E-state index is 12.6. The van der Waals surface area contributed by atoms with E-state index in [2.05, 4.69) is 12.0 Å². The van der Waals surface area contributed by atoms with Crippen LogP contribution in [0.2, 0.25) is 10.0 Å². The average Bonchev–Trinajstić information content (AvgIpc) is 2.92. The lowest BCUT2D eigenvalue weighted by molar-refractivity contribution is 0.0754. The number of carbonyl (C=O) groups is 1. The zero-order valence-electron chi connectivity index (χ0n) is 13.0. The fourth-order valence-corrected chi connectivity index (χ4v) is 3.13. The second-order valence-corrected chi connectivity index (χ2v) is 6.89. The van der Waals surface area contributed by atoms with Crippen molar-refractivity contribution in [3.05, 3.63) is 46.2 Å². The van der Waals surface area contributed by atoms with Crippen molar-refractivity contribution >= 4 is 29.1 Å². The molecule has 1 atom stereocenters. The number of aromatic nitrogens is 2. The molecule has 1 fully saturated rings. The number of benzene rings is 1. The van der Waals surface area contributed by atoms with Crippen LogP contribution in [0.3, 0.4) is 0 Å². The van der Waals surface area contributed by atoms with Gasteiger partial charge in [0.2, 0.25) is 0 Å². The van der Waals surface area contributed by atoms with Crippen molar-refractivity contribution < 1.29 is 4.79 Å². The minimum absolute atomic E-state index is 0.00193. The largest absolute Gasteiger partial charge is 0.337 e. The number of rotatable bonds is 2. The maximum atomic E-state index is 12.6. The van der Waals surface area contributed by atoms with Gasteiger partial charge in [-0.25, -0.2) is 4.68 Å². The van der Waals surface area contributed by atoms with Gasteiger partial charge >= 0.3 is 0 Å². The highest BCUT2D eigenvalue weighted by atomic mass is 35.5. The molecular formula is C17H19Cl2N3O. The van der Waals surface area contributed by atoms with Crippen LogP contribution in [0.1, 0.15) is 36.7 Å². The van der Waals surface area contributed by atoms with Crippen molar-refractivity contribution in [2.45, 2.75) is 26.2 Å². The molecule has 1 aromatic heterocycles. The molecule has 0 spiro atoms. The van der Waals surface area contributed by atoms with E-state index < -0.39 is 0 Å². The first-order valence-electron chi connectivity index (χ1n) is 7.85. The van der Waals surface area contributed by atoms with E-state index in [1.54, 1.807) is 29.1 Å². The van der Waals surface area contributed by atoms with Crippen LogP contribution < -0.4 is 0 Å². The van der Waals surface area contributed by atoms with Gasteiger partial charge < -0.3 is 4.90 Å². The summed E-state index contributed by atoms with van der Waals surface area (Å²) in [5, 5.41) is 5.36. The molecular weight excluding hydrogens is 333 g/mol. The summed E-state index contributed by atoms with van der Waals surface area (Å²) in [4.78, 5) is 14.5. The van der Waals surface area contributed by atoms with E-state index in [1.807, 2.05) is 11.0 Å². The second kappa shape index (κ2) is 6.93. The normalized spacial score (nSPS) is 18.7. The number of likely N-dealkylation sites (tertiary alicyclic amines) is 1. The van der Waals surface area contributed by atoms with E-state index in [1.165, 1.54) is 6.42 Å². The third-order valence-electron chi connectivity index (χ3n) is 4.28. The molecule has 6 heteroatoms. The highest BCUT2D eigenvalue weighted by Gasteiger charge is 2.21. The summed E-state index contributed by atoms with van der Waals surface area (Å²) in [6.45, 7) is 3.86. The second-order valence-electron chi connectivity index (χ2n) is 6.07. The average molecular weight is 352 g/mol. The number of nitrogens with zero attached hydrogens (tertiary/aromatic N) is 3. The standard InChI is InChI=1S/C17H19Cl2N3O/c1-12-3-2-8-21(9-6-12)17(23)16-7-10-22(20-16)13-4-5-14(18)15(19)11-13/h4-5,7,10-12H,2-3,6,8-9H2,1H3. The highest BCUT2D eigenvalue weighted by Crippen LogP contribution is 2.24. The predicted octanol–water partition coefficient (Wildman–Crippen LogP) is 4.44. The molecule has 1 aliphatic heterocycles. The van der Waals surface area contributed by atoms with Gasteiger partial charge in [0, 0.05) is 19.3 Å². The summed E-state index contributed by atoms with van der Waals surface area (Å²) in [6.07, 6.45) is 5.06. The Morgan fingerprint density at radius 3 is 2.78 bits per heavy atom. The van der Waals surface area contributed by atoms with Crippen LogP contribution >= 0.6 is 23.2 Å². The van der Waals surface area contributed by atoms with Crippen molar-refractivity contribution in [3.63, 3.8) is 0 Å². The zero-order chi connectivity index (χ0) is 16.4. The predicted molar refractivity (Wildman–Crippen MR) is 92.5 cm³/mol. The van der Waals surface area contributed by atoms with Crippen LogP contribution in [0, 0.1) is 5.92 Å². The Morgan fingerprint density at radius 1 is 1.17 bits per heavy atom. The minimum Gasteiger partial charge on any atom is -0.337 e. The Balaban J connectivity index is 1.78. The monoisotopic (exact) mass is 351 g/mol. The van der Waals surface area contributed by atoms with Crippen molar-refractivity contribution in [1.82, 2.24) is 14.7 Å². The Hall–Kier alpha value is -1.52. The first kappa shape index (κ1) is 16.3. The van der Waals surface area contributed by atoms with E-state index >= 15 is 0 Å². The van der Waals surface area contributed by atoms with Crippen LogP contribution in [0.4, 0.5) is 0 Å². The molecule has 0 aliphatic carbocycles. The van der Waals surface area contributed by atoms with Gasteiger partial charge in [-0.05, 0) is 49.4 Å². The minimum atomic E-state index is -0.00193. The molecule has 0 bridgehead atoms. The molecule has 1 saturated heterocycles. The lowest BCUT2D eigenvalue weighted by atomic mass is 10.0. The van der Waals surface area contributed by atoms with Crippen molar-refractivity contribution in [1.29, 1.82) is 0 Å². The van der Waals surface area contributed by atoms with E-state index in [4.69, 9.17) is 23.2 Å². The zero-order valence-corrected chi connectivity index (χ0v) is 14.5. The van der Waals surface area contributed by atoms with Gasteiger partial charge in [0.15, 0.2) is 5.69 Å². The Bertz CT molecular complexity index is 714. The summed E-state index contributed by atoms with van der Waals surface area (Å²) < 4.78 is 1.65. The number of hydrogen-bond donors (Lipinski definition) is 0. The summed E-state index contributed by atoms with van der Waals surface area (Å²) >= 11 is 12.0. The fraction of sp³-hybridized carbons (Fsp3) is 0.412. The first-order valence-corrected chi connectivity index (χ1v) is 8.60. The third kappa shape index (κ3) is 3.70. The van der Waals surface area contributed by atoms with Gasteiger partial charge in [0.05, 0.1) is 15.7 Å². The summed E-state index contributed by atoms with van der Waals surface area (Å²) in [5.74, 6) is 0.680. The molecule has 0 N–H and O–H groups in total. The van der Waals surface area contributed by atoms with Crippen molar-refractivity contribution in [2.24, 2.45) is 5.92 Å². The van der Waals surface area contributed by atoms with Gasteiger partial charge in [0.25, 0.3) is 5.91 Å². The molecule has 1 aliphatic rings. The Labute approximate surface area is 146 Å². The molecule has 1 aromatic carbocycles. The summed E-state index contributed by atoms with van der Waals surface area (Å²) in [6, 6.07) is 7.03. The number of amides is 1. The fourth-order valence-electron chi connectivity index (χ4n) is 2.84. The maximum Gasteiger partial charge on any atom is 0.274 e. The lowest BCUT2D eigenvalue weighted by Gasteiger charge is -2.19. The van der Waals surface area contributed by atoms with Gasteiger partial charge in [-0.1, -0.05) is 30.1 Å². The van der Waals surface area contributed by atoms with Crippen LogP contribution in [0.25, 0.3) is 5.69 Å². The molecule has 1 amide bonds. The molecule has 23 heavy (non-hydrogen) atoms. The molecule has 0 saturated carbocycles. The van der Waals surface area contributed by atoms with Crippen molar-refractivity contribution in [3.8, 4) is 5.69 Å². The topological polar surface area (TPSA) is 38.1 Å². The molecule has 0 radical (unpaired) electrons. The van der Waals surface area contributed by atoms with Crippen LogP contribution in [0.15, 0.2) is 30.5 Å². The van der Waals surface area contributed by atoms with E-state index in [-0.39, 0.29) is 5.91 Å². The molecule has 2 aromatic rings. The van der Waals surface area contributed by atoms with E-state index in [9.17, 15) is 4.79 Å². The van der Waals surface area contributed by atoms with Gasteiger partial charge in [-0.15, -0.1) is 0 Å². The van der Waals surface area contributed by atoms with Gasteiger partial charge in [-0.3, -0.25) is 4.79 Å². The number of halogens is 2. The van der Waals surface area contributed by atoms with Crippen LogP contribution in [-0.2, 0) is 0 Å². The smallest absolute Gasteiger partial charge is 0.274 e. The third-order valence-corrected chi connectivity index (χ3v) is 5.02. The van der Waals surface area contributed by atoms with Gasteiger partial charge in [-0.2, -0.15) is 5.10 Å². The number of carbonyl (C=O) groups excluding carboxylic acids is 1. The first-order chi connectivity index (χ1) is 11.0. The molecule has 122 valence electrons. The van der Waals surface area contributed by atoms with Crippen molar-refractivity contribution in [2.75, 3.05) is 13.1 Å². The van der Waals surface area contributed by atoms with Gasteiger partial charge in [0.1, 0.15) is 0 Å². The summed E-state index contributed by atoms with van der Waals surface area (Å²) in [5.41, 5.74) is 1.24. The van der Waals surface area contributed by atoms with E-state index in [0.717, 1.165) is 31.6 Å². The summed E-state index contributed by atoms with van der Waals surface area (Å²) in [7, 11) is 0.